The molecule has 0 saturated carbocycles. The minimum Gasteiger partial charge on any atom is -0.494 e. The first-order valence-electron chi connectivity index (χ1n) is 6.82. The quantitative estimate of drug-likeness (QED) is 0.494. The molecule has 0 bridgehead atoms. The van der Waals surface area contributed by atoms with Crippen molar-refractivity contribution in [1.29, 1.82) is 0 Å². The molecule has 1 atom stereocenters. The first-order chi connectivity index (χ1) is 9.69. The highest BCUT2D eigenvalue weighted by molar-refractivity contribution is 5.49. The van der Waals surface area contributed by atoms with Crippen LogP contribution in [0, 0.1) is 0 Å². The Kier molecular flexibility index (Phi) is 11.7. The summed E-state index contributed by atoms with van der Waals surface area (Å²) >= 11 is 0. The van der Waals surface area contributed by atoms with Gasteiger partial charge in [0.2, 0.25) is 0 Å². The van der Waals surface area contributed by atoms with E-state index in [9.17, 15) is 9.90 Å². The lowest BCUT2D eigenvalue weighted by Gasteiger charge is -2.11. The molecule has 1 aromatic carbocycles. The van der Waals surface area contributed by atoms with Crippen LogP contribution in [-0.4, -0.2) is 38.6 Å². The summed E-state index contributed by atoms with van der Waals surface area (Å²) in [5, 5.41) is 12.5. The number of carbonyl (C=O) groups excluding carboxylic acids is 1. The second-order valence-electron chi connectivity index (χ2n) is 4.32. The van der Waals surface area contributed by atoms with Crippen LogP contribution in [-0.2, 0) is 4.79 Å². The molecular weight excluding hydrogens is 256 g/mol. The highest BCUT2D eigenvalue weighted by Gasteiger charge is 2.07. The molecule has 5 nitrogen and oxygen atoms in total. The third-order valence-corrected chi connectivity index (χ3v) is 2.42. The van der Waals surface area contributed by atoms with Crippen LogP contribution in [0.25, 0.3) is 0 Å². The van der Waals surface area contributed by atoms with Crippen LogP contribution in [0.5, 0.6) is 5.75 Å². The van der Waals surface area contributed by atoms with E-state index in [0.29, 0.717) is 38.2 Å². The van der Waals surface area contributed by atoms with Gasteiger partial charge < -0.3 is 25.7 Å². The molecular formula is C15H26N2O3. The van der Waals surface area contributed by atoms with Gasteiger partial charge in [0.15, 0.2) is 0 Å². The van der Waals surface area contributed by atoms with Gasteiger partial charge >= 0.3 is 0 Å². The number of ether oxygens (including phenoxy) is 1. The van der Waals surface area contributed by atoms with Crippen LogP contribution >= 0.6 is 0 Å². The molecule has 0 radical (unpaired) electrons. The molecule has 0 saturated heterocycles. The number of aliphatic hydroxyl groups is 1. The van der Waals surface area contributed by atoms with Gasteiger partial charge in [-0.15, -0.1) is 0 Å². The summed E-state index contributed by atoms with van der Waals surface area (Å²) in [4.78, 5) is 10.1. The standard InChI is InChI=1S/C13H19NO3.C2H7N/c14-7-6-13(16)11-4-3-5-12(10-11)17-9-2-1-8-15;1-3-2/h3-5,8,10,13,16H,1-2,6-7,9,14H2;3H,1-2H3. The van der Waals surface area contributed by atoms with Crippen LogP contribution in [0.4, 0.5) is 0 Å². The minimum absolute atomic E-state index is 0.450. The van der Waals surface area contributed by atoms with Gasteiger partial charge in [0, 0.05) is 6.42 Å². The van der Waals surface area contributed by atoms with Crippen molar-refractivity contribution in [3.8, 4) is 5.75 Å². The molecule has 114 valence electrons. The van der Waals surface area contributed by atoms with Gasteiger partial charge in [-0.05, 0) is 51.2 Å². The average molecular weight is 282 g/mol. The summed E-state index contributed by atoms with van der Waals surface area (Å²) in [6.07, 6.45) is 2.09. The van der Waals surface area contributed by atoms with Crippen molar-refractivity contribution < 1.29 is 14.6 Å². The van der Waals surface area contributed by atoms with Crippen molar-refractivity contribution in [2.75, 3.05) is 27.2 Å². The molecule has 0 aliphatic rings. The fraction of sp³-hybridized carbons (Fsp3) is 0.533. The molecule has 0 aliphatic heterocycles. The smallest absolute Gasteiger partial charge is 0.120 e. The van der Waals surface area contributed by atoms with Crippen LogP contribution in [0.1, 0.15) is 30.9 Å². The summed E-state index contributed by atoms with van der Waals surface area (Å²) in [5.41, 5.74) is 6.20. The largest absolute Gasteiger partial charge is 0.494 e. The zero-order chi connectivity index (χ0) is 15.2. The van der Waals surface area contributed by atoms with Gasteiger partial charge in [0.05, 0.1) is 12.7 Å². The summed E-state index contributed by atoms with van der Waals surface area (Å²) in [6.45, 7) is 0.959. The highest BCUT2D eigenvalue weighted by atomic mass is 16.5. The van der Waals surface area contributed by atoms with Crippen LogP contribution in [0.15, 0.2) is 24.3 Å². The van der Waals surface area contributed by atoms with E-state index in [0.717, 1.165) is 11.8 Å². The van der Waals surface area contributed by atoms with Crippen molar-refractivity contribution in [3.05, 3.63) is 29.8 Å². The van der Waals surface area contributed by atoms with Crippen molar-refractivity contribution in [2.24, 2.45) is 5.73 Å². The summed E-state index contributed by atoms with van der Waals surface area (Å²) < 4.78 is 5.48. The van der Waals surface area contributed by atoms with Crippen molar-refractivity contribution in [3.63, 3.8) is 0 Å². The molecule has 0 spiro atoms. The maximum Gasteiger partial charge on any atom is 0.120 e. The third kappa shape index (κ3) is 8.63. The van der Waals surface area contributed by atoms with Gasteiger partial charge in [-0.1, -0.05) is 12.1 Å². The SMILES string of the molecule is CNC.NCCC(O)c1cccc(OCCCC=O)c1. The Morgan fingerprint density at radius 1 is 1.45 bits per heavy atom. The Morgan fingerprint density at radius 3 is 2.75 bits per heavy atom. The van der Waals surface area contributed by atoms with Crippen molar-refractivity contribution in [1.82, 2.24) is 5.32 Å². The summed E-state index contributed by atoms with van der Waals surface area (Å²) in [7, 11) is 3.75. The number of nitrogens with one attached hydrogen (secondary N) is 1. The molecule has 1 unspecified atom stereocenters. The number of hydrogen-bond donors (Lipinski definition) is 3. The Hall–Kier alpha value is -1.43. The number of nitrogens with two attached hydrogens (primary N) is 1. The molecule has 20 heavy (non-hydrogen) atoms. The minimum atomic E-state index is -0.543. The van der Waals surface area contributed by atoms with Crippen LogP contribution < -0.4 is 15.8 Å². The Bertz CT molecular complexity index is 359. The van der Waals surface area contributed by atoms with Gasteiger partial charge in [-0.3, -0.25) is 0 Å². The first kappa shape index (κ1) is 18.6. The van der Waals surface area contributed by atoms with E-state index in [-0.39, 0.29) is 0 Å². The topological polar surface area (TPSA) is 84.6 Å². The fourth-order valence-corrected chi connectivity index (χ4v) is 1.49. The van der Waals surface area contributed by atoms with Crippen LogP contribution in [0.2, 0.25) is 0 Å². The number of carbonyl (C=O) groups is 1. The lowest BCUT2D eigenvalue weighted by atomic mass is 10.1. The number of benzene rings is 1. The second-order valence-corrected chi connectivity index (χ2v) is 4.32. The summed E-state index contributed by atoms with van der Waals surface area (Å²) in [6, 6.07) is 7.32. The third-order valence-electron chi connectivity index (χ3n) is 2.42. The average Bonchev–Trinajstić information content (AvgIpc) is 2.45. The van der Waals surface area contributed by atoms with E-state index in [1.807, 2.05) is 32.3 Å². The highest BCUT2D eigenvalue weighted by Crippen LogP contribution is 2.21. The van der Waals surface area contributed by atoms with Crippen molar-refractivity contribution >= 4 is 6.29 Å². The van der Waals surface area contributed by atoms with Crippen LogP contribution in [0.3, 0.4) is 0 Å². The number of aliphatic hydroxyl groups excluding tert-OH is 1. The first-order valence-corrected chi connectivity index (χ1v) is 6.82. The molecule has 1 aromatic rings. The second kappa shape index (κ2) is 12.6. The molecule has 4 N–H and O–H groups in total. The molecule has 0 fully saturated rings. The van der Waals surface area contributed by atoms with E-state index >= 15 is 0 Å². The number of rotatable bonds is 8. The zero-order valence-electron chi connectivity index (χ0n) is 12.3. The normalized spacial score (nSPS) is 11.2. The van der Waals surface area contributed by atoms with E-state index in [1.165, 1.54) is 0 Å². The number of hydrogen-bond acceptors (Lipinski definition) is 5. The molecule has 0 heterocycles. The lowest BCUT2D eigenvalue weighted by Crippen LogP contribution is -2.07. The number of aldehydes is 1. The molecule has 0 aromatic heterocycles. The molecule has 0 aliphatic carbocycles. The zero-order valence-corrected chi connectivity index (χ0v) is 12.3. The van der Waals surface area contributed by atoms with Gasteiger partial charge in [-0.2, -0.15) is 0 Å². The van der Waals surface area contributed by atoms with E-state index < -0.39 is 6.10 Å². The Labute approximate surface area is 121 Å². The monoisotopic (exact) mass is 282 g/mol. The van der Waals surface area contributed by atoms with E-state index in [4.69, 9.17) is 10.5 Å². The van der Waals surface area contributed by atoms with E-state index in [2.05, 4.69) is 5.32 Å². The fourth-order valence-electron chi connectivity index (χ4n) is 1.49. The predicted octanol–water partition coefficient (Wildman–Crippen LogP) is 1.26. The maximum absolute atomic E-state index is 10.1. The molecule has 5 heteroatoms. The summed E-state index contributed by atoms with van der Waals surface area (Å²) in [5.74, 6) is 0.712. The lowest BCUT2D eigenvalue weighted by molar-refractivity contribution is -0.108. The molecule has 1 rings (SSSR count). The Morgan fingerprint density at radius 2 is 2.15 bits per heavy atom. The molecule has 0 amide bonds. The number of unbranched alkanes of at least 4 members (excludes halogenated alkanes) is 1. The van der Waals surface area contributed by atoms with Gasteiger partial charge in [-0.25, -0.2) is 0 Å². The van der Waals surface area contributed by atoms with Crippen molar-refractivity contribution in [2.45, 2.75) is 25.4 Å². The van der Waals surface area contributed by atoms with E-state index in [1.54, 1.807) is 6.07 Å². The Balaban J connectivity index is 0.00000110. The van der Waals surface area contributed by atoms with Gasteiger partial charge in [0.1, 0.15) is 12.0 Å². The van der Waals surface area contributed by atoms with Gasteiger partial charge in [0.25, 0.3) is 0 Å². The maximum atomic E-state index is 10.1. The predicted molar refractivity (Wildman–Crippen MR) is 80.8 cm³/mol.